The SMILES string of the molecule is CCNC(=O)CN(CC)CC(=O)N1CCN(S(=O)(=O)c2ccc(C)cc2)CC1. The average molecular weight is 411 g/mol. The molecular formula is C19H30N4O4S. The van der Waals surface area contributed by atoms with Crippen LogP contribution in [-0.4, -0.2) is 86.7 Å². The first kappa shape index (κ1) is 22.3. The lowest BCUT2D eigenvalue weighted by atomic mass is 10.2. The molecule has 1 aliphatic heterocycles. The predicted molar refractivity (Wildman–Crippen MR) is 107 cm³/mol. The minimum Gasteiger partial charge on any atom is -0.355 e. The minimum absolute atomic E-state index is 0.0847. The summed E-state index contributed by atoms with van der Waals surface area (Å²) in [7, 11) is -3.55. The van der Waals surface area contributed by atoms with Gasteiger partial charge in [0.05, 0.1) is 18.0 Å². The fourth-order valence-corrected chi connectivity index (χ4v) is 4.49. The summed E-state index contributed by atoms with van der Waals surface area (Å²) < 4.78 is 26.9. The van der Waals surface area contributed by atoms with E-state index in [1.807, 2.05) is 20.8 Å². The molecule has 0 radical (unpaired) electrons. The molecule has 0 saturated carbocycles. The van der Waals surface area contributed by atoms with E-state index in [0.29, 0.717) is 26.2 Å². The van der Waals surface area contributed by atoms with Crippen molar-refractivity contribution in [3.63, 3.8) is 0 Å². The van der Waals surface area contributed by atoms with Crippen molar-refractivity contribution in [2.24, 2.45) is 0 Å². The van der Waals surface area contributed by atoms with Gasteiger partial charge in [0.1, 0.15) is 0 Å². The van der Waals surface area contributed by atoms with Gasteiger partial charge >= 0.3 is 0 Å². The average Bonchev–Trinajstić information content (AvgIpc) is 2.68. The maximum Gasteiger partial charge on any atom is 0.243 e. The number of amides is 2. The summed E-state index contributed by atoms with van der Waals surface area (Å²) in [6.07, 6.45) is 0. The van der Waals surface area contributed by atoms with Crippen molar-refractivity contribution in [1.29, 1.82) is 0 Å². The van der Waals surface area contributed by atoms with E-state index in [9.17, 15) is 18.0 Å². The molecule has 0 atom stereocenters. The third-order valence-electron chi connectivity index (χ3n) is 4.80. The Morgan fingerprint density at radius 3 is 2.18 bits per heavy atom. The van der Waals surface area contributed by atoms with Crippen LogP contribution < -0.4 is 5.32 Å². The van der Waals surface area contributed by atoms with Crippen LogP contribution in [0.4, 0.5) is 0 Å². The number of piperazine rings is 1. The molecule has 2 rings (SSSR count). The van der Waals surface area contributed by atoms with Crippen LogP contribution in [0.5, 0.6) is 0 Å². The molecule has 1 fully saturated rings. The van der Waals surface area contributed by atoms with Crippen LogP contribution in [0, 0.1) is 6.92 Å². The zero-order valence-corrected chi connectivity index (χ0v) is 17.7. The number of rotatable bonds is 8. The van der Waals surface area contributed by atoms with Crippen LogP contribution in [0.15, 0.2) is 29.2 Å². The Bertz CT molecular complexity index is 772. The van der Waals surface area contributed by atoms with Gasteiger partial charge in [0, 0.05) is 32.7 Å². The summed E-state index contributed by atoms with van der Waals surface area (Å²) in [6.45, 7) is 8.37. The van der Waals surface area contributed by atoms with E-state index in [0.717, 1.165) is 5.56 Å². The summed E-state index contributed by atoms with van der Waals surface area (Å²) in [6, 6.07) is 6.78. The molecule has 9 heteroatoms. The topological polar surface area (TPSA) is 90.0 Å². The summed E-state index contributed by atoms with van der Waals surface area (Å²) in [4.78, 5) is 28.0. The Morgan fingerprint density at radius 2 is 1.64 bits per heavy atom. The van der Waals surface area contributed by atoms with E-state index >= 15 is 0 Å². The summed E-state index contributed by atoms with van der Waals surface area (Å²) in [5, 5.41) is 2.73. The van der Waals surface area contributed by atoms with Crippen molar-refractivity contribution in [2.45, 2.75) is 25.7 Å². The van der Waals surface area contributed by atoms with E-state index in [1.165, 1.54) is 4.31 Å². The highest BCUT2D eigenvalue weighted by Gasteiger charge is 2.30. The lowest BCUT2D eigenvalue weighted by molar-refractivity contribution is -0.134. The van der Waals surface area contributed by atoms with Crippen molar-refractivity contribution in [2.75, 3.05) is 52.4 Å². The molecule has 1 aromatic rings. The van der Waals surface area contributed by atoms with Gasteiger partial charge in [-0.05, 0) is 32.5 Å². The molecule has 28 heavy (non-hydrogen) atoms. The summed E-state index contributed by atoms with van der Waals surface area (Å²) in [5.74, 6) is -0.190. The van der Waals surface area contributed by atoms with Gasteiger partial charge in [-0.25, -0.2) is 8.42 Å². The van der Waals surface area contributed by atoms with Gasteiger partial charge in [-0.1, -0.05) is 24.6 Å². The molecule has 1 heterocycles. The van der Waals surface area contributed by atoms with Crippen LogP contribution in [-0.2, 0) is 19.6 Å². The van der Waals surface area contributed by atoms with Crippen molar-refractivity contribution in [3.05, 3.63) is 29.8 Å². The van der Waals surface area contributed by atoms with Crippen molar-refractivity contribution in [1.82, 2.24) is 19.4 Å². The molecule has 0 aromatic heterocycles. The quantitative estimate of drug-likeness (QED) is 0.665. The van der Waals surface area contributed by atoms with Crippen molar-refractivity contribution in [3.8, 4) is 0 Å². The number of likely N-dealkylation sites (N-methyl/N-ethyl adjacent to an activating group) is 2. The minimum atomic E-state index is -3.55. The highest BCUT2D eigenvalue weighted by molar-refractivity contribution is 7.89. The number of hydrogen-bond acceptors (Lipinski definition) is 5. The number of sulfonamides is 1. The molecule has 156 valence electrons. The zero-order valence-electron chi connectivity index (χ0n) is 16.8. The molecule has 0 unspecified atom stereocenters. The molecule has 1 aliphatic rings. The first-order valence-corrected chi connectivity index (χ1v) is 11.1. The lowest BCUT2D eigenvalue weighted by Gasteiger charge is -2.35. The van der Waals surface area contributed by atoms with E-state index in [4.69, 9.17) is 0 Å². The molecule has 8 nitrogen and oxygen atoms in total. The first-order valence-electron chi connectivity index (χ1n) is 9.61. The Balaban J connectivity index is 1.91. The Kier molecular flexibility index (Phi) is 7.97. The molecule has 1 saturated heterocycles. The highest BCUT2D eigenvalue weighted by Crippen LogP contribution is 2.18. The lowest BCUT2D eigenvalue weighted by Crippen LogP contribution is -2.53. The van der Waals surface area contributed by atoms with Crippen LogP contribution in [0.1, 0.15) is 19.4 Å². The van der Waals surface area contributed by atoms with E-state index in [2.05, 4.69) is 5.32 Å². The zero-order chi connectivity index (χ0) is 20.7. The van der Waals surface area contributed by atoms with E-state index in [1.54, 1.807) is 34.1 Å². The van der Waals surface area contributed by atoms with Crippen molar-refractivity contribution < 1.29 is 18.0 Å². The third-order valence-corrected chi connectivity index (χ3v) is 6.71. The molecule has 0 spiro atoms. The van der Waals surface area contributed by atoms with Gasteiger partial charge in [0.15, 0.2) is 0 Å². The van der Waals surface area contributed by atoms with Crippen LogP contribution in [0.25, 0.3) is 0 Å². The number of carbonyl (C=O) groups excluding carboxylic acids is 2. The van der Waals surface area contributed by atoms with Gasteiger partial charge in [0.25, 0.3) is 0 Å². The van der Waals surface area contributed by atoms with Gasteiger partial charge in [0.2, 0.25) is 21.8 Å². The predicted octanol–water partition coefficient (Wildman–Crippen LogP) is 0.286. The second kappa shape index (κ2) is 9.99. The van der Waals surface area contributed by atoms with Crippen LogP contribution in [0.2, 0.25) is 0 Å². The maximum absolute atomic E-state index is 12.8. The fraction of sp³-hybridized carbons (Fsp3) is 0.579. The summed E-state index contributed by atoms with van der Waals surface area (Å²) >= 11 is 0. The molecule has 2 amide bonds. The number of aryl methyl sites for hydroxylation is 1. The fourth-order valence-electron chi connectivity index (χ4n) is 3.06. The van der Waals surface area contributed by atoms with Crippen molar-refractivity contribution >= 4 is 21.8 Å². The number of nitrogens with one attached hydrogen (secondary N) is 1. The van der Waals surface area contributed by atoms with E-state index in [-0.39, 0.29) is 42.9 Å². The summed E-state index contributed by atoms with van der Waals surface area (Å²) in [5.41, 5.74) is 1.00. The molecule has 0 bridgehead atoms. The monoisotopic (exact) mass is 410 g/mol. The number of hydrogen-bond donors (Lipinski definition) is 1. The van der Waals surface area contributed by atoms with Gasteiger partial charge < -0.3 is 10.2 Å². The highest BCUT2D eigenvalue weighted by atomic mass is 32.2. The van der Waals surface area contributed by atoms with Gasteiger partial charge in [-0.15, -0.1) is 0 Å². The second-order valence-electron chi connectivity index (χ2n) is 6.85. The number of carbonyl (C=O) groups is 2. The van der Waals surface area contributed by atoms with Gasteiger partial charge in [-0.2, -0.15) is 4.31 Å². The van der Waals surface area contributed by atoms with E-state index < -0.39 is 10.0 Å². The largest absolute Gasteiger partial charge is 0.355 e. The van der Waals surface area contributed by atoms with Crippen LogP contribution >= 0.6 is 0 Å². The molecule has 0 aliphatic carbocycles. The molecule has 1 N–H and O–H groups in total. The molecule has 1 aromatic carbocycles. The second-order valence-corrected chi connectivity index (χ2v) is 8.79. The Labute approximate surface area is 167 Å². The number of nitrogens with zero attached hydrogens (tertiary/aromatic N) is 3. The maximum atomic E-state index is 12.8. The van der Waals surface area contributed by atoms with Gasteiger partial charge in [-0.3, -0.25) is 14.5 Å². The third kappa shape index (κ3) is 5.76. The van der Waals surface area contributed by atoms with Crippen LogP contribution in [0.3, 0.4) is 0 Å². The Hall–Kier alpha value is -1.97. The standard InChI is InChI=1S/C19H30N4O4S/c1-4-20-18(24)14-21(5-2)15-19(25)22-10-12-23(13-11-22)28(26,27)17-8-6-16(3)7-9-17/h6-9H,4-5,10-15H2,1-3H3,(H,20,24). The normalized spacial score (nSPS) is 15.6. The first-order chi connectivity index (χ1) is 13.3. The number of benzene rings is 1. The smallest absolute Gasteiger partial charge is 0.243 e. The Morgan fingerprint density at radius 1 is 1.04 bits per heavy atom. The molecular weight excluding hydrogens is 380 g/mol.